The summed E-state index contributed by atoms with van der Waals surface area (Å²) in [4.78, 5) is 9.48. The number of anilines is 1. The summed E-state index contributed by atoms with van der Waals surface area (Å²) in [6, 6.07) is 2.70. The first-order chi connectivity index (χ1) is 9.29. The van der Waals surface area contributed by atoms with Gasteiger partial charge >= 0.3 is 6.01 Å². The van der Waals surface area contributed by atoms with Crippen molar-refractivity contribution in [1.29, 1.82) is 0 Å². The molecule has 1 N–H and O–H groups in total. The molecule has 0 spiro atoms. The van der Waals surface area contributed by atoms with Crippen LogP contribution in [0.4, 0.5) is 11.7 Å². The molecule has 0 unspecified atom stereocenters. The van der Waals surface area contributed by atoms with Crippen LogP contribution in [0.25, 0.3) is 0 Å². The second-order valence-corrected chi connectivity index (χ2v) is 5.66. The van der Waals surface area contributed by atoms with Crippen molar-refractivity contribution in [1.82, 2.24) is 10.2 Å². The predicted octanol–water partition coefficient (Wildman–Crippen LogP) is 1.74. The van der Waals surface area contributed by atoms with Gasteiger partial charge in [0.1, 0.15) is 4.90 Å². The molecular weight excluding hydrogens is 312 g/mol. The second-order valence-electron chi connectivity index (χ2n) is 3.60. The third-order valence-electron chi connectivity index (χ3n) is 2.16. The van der Waals surface area contributed by atoms with Gasteiger partial charge in [0.15, 0.2) is 0 Å². The van der Waals surface area contributed by atoms with Gasteiger partial charge in [0.2, 0.25) is 5.89 Å². The number of non-ortho nitro benzene ring substituents is 1. The number of aryl methyl sites for hydroxylation is 1. The number of aromatic nitrogens is 2. The van der Waals surface area contributed by atoms with E-state index in [-0.39, 0.29) is 16.9 Å². The quantitative estimate of drug-likeness (QED) is 0.671. The maximum Gasteiger partial charge on any atom is 0.329 e. The second kappa shape index (κ2) is 5.06. The van der Waals surface area contributed by atoms with Gasteiger partial charge in [-0.1, -0.05) is 16.7 Å². The molecule has 0 fully saturated rings. The topological polar surface area (TPSA) is 128 Å². The van der Waals surface area contributed by atoms with Gasteiger partial charge in [-0.25, -0.2) is 13.1 Å². The summed E-state index contributed by atoms with van der Waals surface area (Å²) < 4.78 is 31.0. The Hall–Kier alpha value is -2.20. The van der Waals surface area contributed by atoms with Crippen molar-refractivity contribution in [3.63, 3.8) is 0 Å². The molecule has 2 rings (SSSR count). The van der Waals surface area contributed by atoms with Gasteiger partial charge in [0, 0.05) is 19.1 Å². The smallest absolute Gasteiger partial charge is 0.329 e. The average molecular weight is 319 g/mol. The Kier molecular flexibility index (Phi) is 3.59. The molecule has 2 aromatic rings. The molecule has 0 aliphatic rings. The summed E-state index contributed by atoms with van der Waals surface area (Å²) in [6.45, 7) is 1.48. The van der Waals surface area contributed by atoms with Gasteiger partial charge in [0.05, 0.1) is 9.95 Å². The molecule has 9 nitrogen and oxygen atoms in total. The summed E-state index contributed by atoms with van der Waals surface area (Å²) in [7, 11) is -4.17. The number of hydrogen-bond acceptors (Lipinski definition) is 7. The highest BCUT2D eigenvalue weighted by Crippen LogP contribution is 2.27. The molecule has 0 radical (unpaired) electrons. The molecule has 0 bridgehead atoms. The number of nitro benzene ring substituents is 1. The van der Waals surface area contributed by atoms with Gasteiger partial charge in [-0.2, -0.15) is 0 Å². The van der Waals surface area contributed by atoms with E-state index in [1.807, 2.05) is 4.72 Å². The van der Waals surface area contributed by atoms with Crippen LogP contribution in [0, 0.1) is 17.0 Å². The molecule has 0 saturated carbocycles. The van der Waals surface area contributed by atoms with Crippen LogP contribution < -0.4 is 4.72 Å². The molecule has 0 atom stereocenters. The van der Waals surface area contributed by atoms with Crippen LogP contribution in [0.1, 0.15) is 5.89 Å². The minimum Gasteiger partial charge on any atom is -0.408 e. The molecule has 20 heavy (non-hydrogen) atoms. The summed E-state index contributed by atoms with van der Waals surface area (Å²) in [5, 5.41) is 17.4. The average Bonchev–Trinajstić information content (AvgIpc) is 2.73. The van der Waals surface area contributed by atoms with Crippen molar-refractivity contribution >= 4 is 33.3 Å². The fraction of sp³-hybridized carbons (Fsp3) is 0.111. The molecule has 0 aliphatic heterocycles. The van der Waals surface area contributed by atoms with E-state index in [0.29, 0.717) is 0 Å². The van der Waals surface area contributed by atoms with Gasteiger partial charge in [0.25, 0.3) is 15.7 Å². The van der Waals surface area contributed by atoms with Crippen LogP contribution in [0.5, 0.6) is 0 Å². The van der Waals surface area contributed by atoms with E-state index < -0.39 is 25.5 Å². The highest BCUT2D eigenvalue weighted by atomic mass is 35.5. The zero-order valence-corrected chi connectivity index (χ0v) is 11.5. The van der Waals surface area contributed by atoms with Crippen molar-refractivity contribution < 1.29 is 17.8 Å². The first kappa shape index (κ1) is 14.2. The molecular formula is C9H7ClN4O5S. The van der Waals surface area contributed by atoms with Crippen LogP contribution in [-0.2, 0) is 10.0 Å². The molecule has 11 heteroatoms. The minimum atomic E-state index is -4.17. The lowest BCUT2D eigenvalue weighted by atomic mass is 10.3. The number of benzene rings is 1. The number of nitrogens with zero attached hydrogens (tertiary/aromatic N) is 3. The van der Waals surface area contributed by atoms with Crippen LogP contribution >= 0.6 is 11.6 Å². The van der Waals surface area contributed by atoms with Crippen molar-refractivity contribution in [2.45, 2.75) is 11.8 Å². The Bertz CT molecular complexity index is 772. The van der Waals surface area contributed by atoms with Crippen molar-refractivity contribution in [2.24, 2.45) is 0 Å². The van der Waals surface area contributed by atoms with Crippen molar-refractivity contribution in [3.05, 3.63) is 39.2 Å². The van der Waals surface area contributed by atoms with Crippen molar-refractivity contribution in [3.8, 4) is 0 Å². The lowest BCUT2D eigenvalue weighted by Gasteiger charge is -2.05. The van der Waals surface area contributed by atoms with E-state index >= 15 is 0 Å². The highest BCUT2D eigenvalue weighted by molar-refractivity contribution is 7.92. The van der Waals surface area contributed by atoms with E-state index in [1.165, 1.54) is 6.92 Å². The summed E-state index contributed by atoms with van der Waals surface area (Å²) >= 11 is 5.75. The molecule has 1 aromatic heterocycles. The number of nitro groups is 1. The Labute approximate surface area is 117 Å². The Morgan fingerprint density at radius 3 is 2.65 bits per heavy atom. The first-order valence-corrected chi connectivity index (χ1v) is 6.92. The summed E-state index contributed by atoms with van der Waals surface area (Å²) in [5.74, 6) is 0.160. The van der Waals surface area contributed by atoms with Gasteiger partial charge in [-0.05, 0) is 6.07 Å². The number of nitrogens with one attached hydrogen (secondary N) is 1. The van der Waals surface area contributed by atoms with Crippen LogP contribution in [-0.4, -0.2) is 23.5 Å². The maximum atomic E-state index is 12.1. The van der Waals surface area contributed by atoms with E-state index in [4.69, 9.17) is 16.0 Å². The Balaban J connectivity index is 2.43. The molecule has 106 valence electrons. The minimum absolute atomic E-state index is 0.160. The monoisotopic (exact) mass is 318 g/mol. The Morgan fingerprint density at radius 2 is 2.10 bits per heavy atom. The predicted molar refractivity (Wildman–Crippen MR) is 67.9 cm³/mol. The Morgan fingerprint density at radius 1 is 1.40 bits per heavy atom. The zero-order chi connectivity index (χ0) is 14.9. The van der Waals surface area contributed by atoms with Gasteiger partial charge < -0.3 is 4.42 Å². The van der Waals surface area contributed by atoms with Crippen LogP contribution in [0.2, 0.25) is 5.02 Å². The lowest BCUT2D eigenvalue weighted by molar-refractivity contribution is -0.385. The fourth-order valence-corrected chi connectivity index (χ4v) is 2.76. The fourth-order valence-electron chi connectivity index (χ4n) is 1.32. The third kappa shape index (κ3) is 2.86. The summed E-state index contributed by atoms with van der Waals surface area (Å²) in [6.07, 6.45) is 0. The van der Waals surface area contributed by atoms with E-state index in [1.54, 1.807) is 0 Å². The van der Waals surface area contributed by atoms with E-state index in [2.05, 4.69) is 10.2 Å². The maximum absolute atomic E-state index is 12.1. The van der Waals surface area contributed by atoms with Gasteiger partial charge in [-0.3, -0.25) is 10.1 Å². The van der Waals surface area contributed by atoms with Crippen molar-refractivity contribution in [2.75, 3.05) is 4.72 Å². The molecule has 0 amide bonds. The third-order valence-corrected chi connectivity index (χ3v) is 3.96. The molecule has 1 aromatic carbocycles. The molecule has 0 saturated heterocycles. The number of rotatable bonds is 4. The standard InChI is InChI=1S/C9H7ClN4O5S/c1-5-11-12-9(19-5)13-20(17,18)8-4-6(14(15)16)2-3-7(8)10/h2-4H,1H3,(H,12,13). The number of halogens is 1. The highest BCUT2D eigenvalue weighted by Gasteiger charge is 2.23. The van der Waals surface area contributed by atoms with E-state index in [0.717, 1.165) is 18.2 Å². The zero-order valence-electron chi connectivity index (χ0n) is 9.90. The SMILES string of the molecule is Cc1nnc(NS(=O)(=O)c2cc([N+](=O)[O-])ccc2Cl)o1. The molecule has 1 heterocycles. The van der Waals surface area contributed by atoms with Crippen LogP contribution in [0.15, 0.2) is 27.5 Å². The normalized spacial score (nSPS) is 11.3. The number of sulfonamides is 1. The lowest BCUT2D eigenvalue weighted by Crippen LogP contribution is -2.14. The largest absolute Gasteiger partial charge is 0.408 e. The van der Waals surface area contributed by atoms with Gasteiger partial charge in [-0.15, -0.1) is 5.10 Å². The van der Waals surface area contributed by atoms with E-state index in [9.17, 15) is 18.5 Å². The summed E-state index contributed by atoms with van der Waals surface area (Å²) in [5.41, 5.74) is -0.406. The first-order valence-electron chi connectivity index (χ1n) is 5.06. The number of hydrogen-bond donors (Lipinski definition) is 1. The molecule has 0 aliphatic carbocycles. The van der Waals surface area contributed by atoms with Crippen LogP contribution in [0.3, 0.4) is 0 Å².